The average Bonchev–Trinajstić information content (AvgIpc) is 2.56. The predicted molar refractivity (Wildman–Crippen MR) is 102 cm³/mol. The van der Waals surface area contributed by atoms with E-state index in [9.17, 15) is 14.5 Å². The van der Waals surface area contributed by atoms with Crippen molar-refractivity contribution >= 4 is 39.9 Å². The van der Waals surface area contributed by atoms with Crippen molar-refractivity contribution in [3.8, 4) is 0 Å². The second-order valence-corrected chi connectivity index (χ2v) is 5.81. The molecule has 0 unspecified atom stereocenters. The lowest BCUT2D eigenvalue weighted by atomic mass is 10.0. The lowest BCUT2D eigenvalue weighted by Gasteiger charge is -2.18. The number of nitrogens with one attached hydrogen (secondary N) is 3. The summed E-state index contributed by atoms with van der Waals surface area (Å²) in [7, 11) is 1.63. The van der Waals surface area contributed by atoms with Crippen LogP contribution in [0.3, 0.4) is 0 Å². The number of non-ortho nitro benzene ring substituents is 1. The number of hydrogen-bond acceptors (Lipinski definition) is 6. The maximum absolute atomic E-state index is 13.3. The Kier molecular flexibility index (Phi) is 5.78. The summed E-state index contributed by atoms with van der Waals surface area (Å²) < 4.78 is 13.3. The minimum Gasteiger partial charge on any atom is -0.397 e. The minimum absolute atomic E-state index is 0.131. The molecule has 2 aromatic rings. The van der Waals surface area contributed by atoms with Gasteiger partial charge in [-0.05, 0) is 31.2 Å². The van der Waals surface area contributed by atoms with E-state index in [0.717, 1.165) is 6.07 Å². The van der Waals surface area contributed by atoms with Gasteiger partial charge in [0, 0.05) is 36.0 Å². The van der Waals surface area contributed by atoms with Crippen molar-refractivity contribution < 1.29 is 9.31 Å². The summed E-state index contributed by atoms with van der Waals surface area (Å²) in [5.41, 5.74) is 7.37. The summed E-state index contributed by atoms with van der Waals surface area (Å²) in [5, 5.41) is 25.0. The lowest BCUT2D eigenvalue weighted by molar-refractivity contribution is -0.384. The number of allylic oxidation sites excluding steroid dienone is 1. The fourth-order valence-electron chi connectivity index (χ4n) is 2.38. The molecular formula is C17H17ClFN5O2. The van der Waals surface area contributed by atoms with Crippen molar-refractivity contribution in [3.63, 3.8) is 0 Å². The number of hydrogen-bond donors (Lipinski definition) is 4. The van der Waals surface area contributed by atoms with Crippen LogP contribution in [-0.2, 0) is 0 Å². The van der Waals surface area contributed by atoms with Crippen LogP contribution in [0.15, 0.2) is 42.2 Å². The van der Waals surface area contributed by atoms with E-state index in [0.29, 0.717) is 22.6 Å². The Bertz CT molecular complexity index is 914. The Morgan fingerprint density at radius 1 is 1.31 bits per heavy atom. The molecular weight excluding hydrogens is 361 g/mol. The molecule has 2 aromatic carbocycles. The van der Waals surface area contributed by atoms with E-state index in [1.54, 1.807) is 14.0 Å². The van der Waals surface area contributed by atoms with Gasteiger partial charge in [0.1, 0.15) is 11.6 Å². The first-order valence-corrected chi connectivity index (χ1v) is 7.86. The van der Waals surface area contributed by atoms with E-state index in [4.69, 9.17) is 22.7 Å². The predicted octanol–water partition coefficient (Wildman–Crippen LogP) is 4.01. The van der Waals surface area contributed by atoms with Gasteiger partial charge in [0.25, 0.3) is 5.69 Å². The van der Waals surface area contributed by atoms with E-state index in [2.05, 4.69) is 10.6 Å². The highest BCUT2D eigenvalue weighted by Crippen LogP contribution is 2.30. The van der Waals surface area contributed by atoms with Gasteiger partial charge in [0.05, 0.1) is 21.3 Å². The molecule has 0 heterocycles. The summed E-state index contributed by atoms with van der Waals surface area (Å²) in [6, 6.07) is 7.90. The zero-order valence-corrected chi connectivity index (χ0v) is 14.8. The maximum atomic E-state index is 13.3. The molecule has 0 aliphatic rings. The van der Waals surface area contributed by atoms with Gasteiger partial charge >= 0.3 is 0 Å². The minimum atomic E-state index is -0.541. The van der Waals surface area contributed by atoms with Gasteiger partial charge < -0.3 is 21.8 Å². The molecule has 0 spiro atoms. The third-order valence-electron chi connectivity index (χ3n) is 3.58. The fourth-order valence-corrected chi connectivity index (χ4v) is 2.64. The summed E-state index contributed by atoms with van der Waals surface area (Å²) >= 11 is 6.13. The van der Waals surface area contributed by atoms with Crippen molar-refractivity contribution in [2.45, 2.75) is 6.92 Å². The molecule has 0 aromatic heterocycles. The van der Waals surface area contributed by atoms with Crippen LogP contribution in [0.4, 0.5) is 21.5 Å². The first kappa shape index (κ1) is 19.2. The Labute approximate surface area is 154 Å². The van der Waals surface area contributed by atoms with E-state index >= 15 is 0 Å². The number of rotatable bonds is 6. The number of nitro benzene ring substituents is 1. The van der Waals surface area contributed by atoms with Crippen LogP contribution in [0.2, 0.25) is 5.02 Å². The van der Waals surface area contributed by atoms with Crippen LogP contribution in [0.5, 0.6) is 0 Å². The average molecular weight is 378 g/mol. The first-order valence-electron chi connectivity index (χ1n) is 7.48. The Balaban J connectivity index is 2.54. The van der Waals surface area contributed by atoms with Crippen LogP contribution in [0, 0.1) is 21.3 Å². The Hall–Kier alpha value is -3.13. The van der Waals surface area contributed by atoms with Gasteiger partial charge in [-0.2, -0.15) is 0 Å². The largest absolute Gasteiger partial charge is 0.397 e. The van der Waals surface area contributed by atoms with Gasteiger partial charge in [-0.25, -0.2) is 4.39 Å². The molecule has 0 bridgehead atoms. The number of nitro groups is 1. The number of benzene rings is 2. The van der Waals surface area contributed by atoms with Gasteiger partial charge in [-0.1, -0.05) is 11.6 Å². The highest BCUT2D eigenvalue weighted by molar-refractivity contribution is 6.35. The molecule has 9 heteroatoms. The zero-order valence-electron chi connectivity index (χ0n) is 14.1. The fraction of sp³-hybridized carbons (Fsp3) is 0.118. The van der Waals surface area contributed by atoms with Crippen LogP contribution in [0.25, 0.3) is 5.57 Å². The molecule has 26 heavy (non-hydrogen) atoms. The van der Waals surface area contributed by atoms with Crippen molar-refractivity contribution in [1.29, 1.82) is 5.41 Å². The zero-order chi connectivity index (χ0) is 19.4. The number of halogens is 2. The SMILES string of the molecule is CN/C(Nc1ccc([N+](=O)[O-])cc1N)=C(\C(C)=N)c1ccc(F)cc1Cl. The number of anilines is 2. The van der Waals surface area contributed by atoms with E-state index < -0.39 is 10.7 Å². The topological polar surface area (TPSA) is 117 Å². The van der Waals surface area contributed by atoms with Crippen LogP contribution < -0.4 is 16.4 Å². The van der Waals surface area contributed by atoms with Crippen molar-refractivity contribution in [2.24, 2.45) is 0 Å². The monoisotopic (exact) mass is 377 g/mol. The molecule has 0 aliphatic heterocycles. The van der Waals surface area contributed by atoms with Gasteiger partial charge in [-0.15, -0.1) is 0 Å². The maximum Gasteiger partial charge on any atom is 0.271 e. The molecule has 7 nitrogen and oxygen atoms in total. The van der Waals surface area contributed by atoms with E-state index in [1.807, 2.05) is 0 Å². The highest BCUT2D eigenvalue weighted by Gasteiger charge is 2.17. The molecule has 0 fully saturated rings. The van der Waals surface area contributed by atoms with Crippen LogP contribution in [-0.4, -0.2) is 17.7 Å². The van der Waals surface area contributed by atoms with Crippen LogP contribution in [0.1, 0.15) is 12.5 Å². The number of nitrogen functional groups attached to an aromatic ring is 1. The lowest BCUT2D eigenvalue weighted by Crippen LogP contribution is -2.20. The summed E-state index contributed by atoms with van der Waals surface area (Å²) in [4.78, 5) is 10.3. The van der Waals surface area contributed by atoms with Gasteiger partial charge in [0.15, 0.2) is 0 Å². The molecule has 136 valence electrons. The second-order valence-electron chi connectivity index (χ2n) is 5.40. The third-order valence-corrected chi connectivity index (χ3v) is 3.89. The van der Waals surface area contributed by atoms with Crippen LogP contribution >= 0.6 is 11.6 Å². The molecule has 0 saturated heterocycles. The van der Waals surface area contributed by atoms with Gasteiger partial charge in [-0.3, -0.25) is 10.1 Å². The highest BCUT2D eigenvalue weighted by atomic mass is 35.5. The van der Waals surface area contributed by atoms with E-state index in [-0.39, 0.29) is 22.1 Å². The molecule has 0 atom stereocenters. The molecule has 2 rings (SSSR count). The standard InChI is InChI=1S/C17H17ClFN5O2/c1-9(20)16(12-5-3-10(19)7-13(12)18)17(22-2)23-15-6-4-11(24(25)26)8-14(15)21/h3-8,20,22-23H,21H2,1-2H3/b17-16-,20-9?. The van der Waals surface area contributed by atoms with Crippen molar-refractivity contribution in [3.05, 3.63) is 68.7 Å². The second kappa shape index (κ2) is 7.83. The molecule has 0 saturated carbocycles. The molecule has 0 aliphatic carbocycles. The van der Waals surface area contributed by atoms with Crippen molar-refractivity contribution in [1.82, 2.24) is 5.32 Å². The smallest absolute Gasteiger partial charge is 0.271 e. The number of nitrogens with two attached hydrogens (primary N) is 1. The Morgan fingerprint density at radius 3 is 2.50 bits per heavy atom. The summed E-state index contributed by atoms with van der Waals surface area (Å²) in [6.07, 6.45) is 0. The third kappa shape index (κ3) is 4.09. The summed E-state index contributed by atoms with van der Waals surface area (Å²) in [5.74, 6) is -0.0918. The number of nitrogens with zero attached hydrogens (tertiary/aromatic N) is 1. The summed E-state index contributed by atoms with van der Waals surface area (Å²) in [6.45, 7) is 1.56. The van der Waals surface area contributed by atoms with Crippen molar-refractivity contribution in [2.75, 3.05) is 18.1 Å². The molecule has 0 amide bonds. The Morgan fingerprint density at radius 2 is 2.00 bits per heavy atom. The molecule has 5 N–H and O–H groups in total. The quantitative estimate of drug-likeness (QED) is 0.262. The molecule has 0 radical (unpaired) electrons. The van der Waals surface area contributed by atoms with Gasteiger partial charge in [0.2, 0.25) is 0 Å². The first-order chi connectivity index (χ1) is 12.2. The normalized spacial score (nSPS) is 11.5. The van der Waals surface area contributed by atoms with E-state index in [1.165, 1.54) is 30.3 Å².